The fourth-order valence-electron chi connectivity index (χ4n) is 1.86. The highest BCUT2D eigenvalue weighted by molar-refractivity contribution is 14.1. The second kappa shape index (κ2) is 6.33. The number of halogens is 3. The molecule has 0 aliphatic rings. The highest BCUT2D eigenvalue weighted by Gasteiger charge is 2.19. The molecule has 0 aliphatic heterocycles. The topological polar surface area (TPSA) is 55.2 Å². The van der Waals surface area contributed by atoms with Crippen LogP contribution >= 0.6 is 22.6 Å². The van der Waals surface area contributed by atoms with Crippen LogP contribution in [0.2, 0.25) is 0 Å². The van der Waals surface area contributed by atoms with E-state index in [0.29, 0.717) is 6.07 Å². The summed E-state index contributed by atoms with van der Waals surface area (Å²) < 4.78 is 28.0. The number of benzene rings is 2. The Bertz CT molecular complexity index is 677. The van der Waals surface area contributed by atoms with Crippen LogP contribution in [0.4, 0.5) is 20.2 Å². The van der Waals surface area contributed by atoms with Crippen LogP contribution in [0.15, 0.2) is 36.4 Å². The molecule has 1 unspecified atom stereocenters. The summed E-state index contributed by atoms with van der Waals surface area (Å²) in [6.07, 6.45) is 0. The van der Waals surface area contributed by atoms with E-state index in [-0.39, 0.29) is 11.7 Å². The first-order valence-corrected chi connectivity index (χ1v) is 7.12. The van der Waals surface area contributed by atoms with Crippen molar-refractivity contribution < 1.29 is 13.7 Å². The third kappa shape index (κ3) is 3.66. The number of anilines is 1. The van der Waals surface area contributed by atoms with Crippen molar-refractivity contribution in [2.45, 2.75) is 13.0 Å². The maximum Gasteiger partial charge on any atom is 0.307 e. The summed E-state index contributed by atoms with van der Waals surface area (Å²) in [6, 6.07) is 8.65. The van der Waals surface area contributed by atoms with Gasteiger partial charge in [-0.25, -0.2) is 4.39 Å². The average molecular weight is 404 g/mol. The third-order valence-corrected chi connectivity index (χ3v) is 3.69. The molecule has 0 spiro atoms. The molecule has 1 N–H and O–H groups in total. The molecule has 0 heterocycles. The SMILES string of the molecule is CC(Nc1cc([N+](=O)[O-])c(F)cc1F)c1ccc(I)cc1. The summed E-state index contributed by atoms with van der Waals surface area (Å²) in [5.74, 6) is -2.06. The van der Waals surface area contributed by atoms with Crippen LogP contribution in [-0.2, 0) is 0 Å². The first-order valence-electron chi connectivity index (χ1n) is 6.04. The van der Waals surface area contributed by atoms with Crippen molar-refractivity contribution in [3.05, 3.63) is 67.3 Å². The minimum atomic E-state index is -1.19. The Hall–Kier alpha value is -1.77. The zero-order valence-electron chi connectivity index (χ0n) is 10.9. The maximum atomic E-state index is 13.7. The van der Waals surface area contributed by atoms with Gasteiger partial charge in [0.25, 0.3) is 0 Å². The van der Waals surface area contributed by atoms with Crippen LogP contribution in [-0.4, -0.2) is 4.92 Å². The van der Waals surface area contributed by atoms with Crippen LogP contribution in [0.1, 0.15) is 18.5 Å². The highest BCUT2D eigenvalue weighted by atomic mass is 127. The molecular formula is C14H11F2IN2O2. The monoisotopic (exact) mass is 404 g/mol. The zero-order valence-corrected chi connectivity index (χ0v) is 13.1. The van der Waals surface area contributed by atoms with Gasteiger partial charge in [0.1, 0.15) is 5.82 Å². The van der Waals surface area contributed by atoms with E-state index in [9.17, 15) is 18.9 Å². The Balaban J connectivity index is 2.28. The van der Waals surface area contributed by atoms with Gasteiger partial charge < -0.3 is 5.32 Å². The minimum absolute atomic E-state index is 0.103. The predicted molar refractivity (Wildman–Crippen MR) is 84.2 cm³/mol. The number of nitrogens with one attached hydrogen (secondary N) is 1. The lowest BCUT2D eigenvalue weighted by Crippen LogP contribution is -2.09. The number of nitrogens with zero attached hydrogens (tertiary/aromatic N) is 1. The first kappa shape index (κ1) is 15.6. The van der Waals surface area contributed by atoms with Gasteiger partial charge in [-0.1, -0.05) is 12.1 Å². The molecule has 0 aromatic heterocycles. The van der Waals surface area contributed by atoms with Crippen LogP contribution in [0.25, 0.3) is 0 Å². The van der Waals surface area contributed by atoms with E-state index in [1.807, 2.05) is 24.3 Å². The van der Waals surface area contributed by atoms with Crippen LogP contribution in [0.5, 0.6) is 0 Å². The number of hydrogen-bond acceptors (Lipinski definition) is 3. The second-order valence-corrected chi connectivity index (χ2v) is 5.70. The molecule has 4 nitrogen and oxygen atoms in total. The second-order valence-electron chi connectivity index (χ2n) is 4.46. The minimum Gasteiger partial charge on any atom is -0.376 e. The molecule has 2 rings (SSSR count). The third-order valence-electron chi connectivity index (χ3n) is 2.98. The summed E-state index contributed by atoms with van der Waals surface area (Å²) >= 11 is 2.17. The van der Waals surface area contributed by atoms with Gasteiger partial charge >= 0.3 is 5.69 Å². The van der Waals surface area contributed by atoms with Crippen molar-refractivity contribution in [1.29, 1.82) is 0 Å². The van der Waals surface area contributed by atoms with E-state index in [1.165, 1.54) is 0 Å². The molecule has 0 fully saturated rings. The lowest BCUT2D eigenvalue weighted by molar-refractivity contribution is -0.387. The normalized spacial score (nSPS) is 12.0. The van der Waals surface area contributed by atoms with Gasteiger partial charge in [0.15, 0.2) is 0 Å². The van der Waals surface area contributed by atoms with E-state index in [4.69, 9.17) is 0 Å². The standard InChI is InChI=1S/C14H11F2IN2O2/c1-8(9-2-4-10(17)5-3-9)18-13-7-14(19(20)21)12(16)6-11(13)15/h2-8,18H,1H3. The van der Waals surface area contributed by atoms with Gasteiger partial charge in [-0.15, -0.1) is 0 Å². The van der Waals surface area contributed by atoms with Gasteiger partial charge in [0.05, 0.1) is 10.6 Å². The molecule has 2 aromatic rings. The smallest absolute Gasteiger partial charge is 0.307 e. The van der Waals surface area contributed by atoms with Gasteiger partial charge in [-0.2, -0.15) is 4.39 Å². The lowest BCUT2D eigenvalue weighted by atomic mass is 10.1. The summed E-state index contributed by atoms with van der Waals surface area (Å²) in [6.45, 7) is 1.79. The molecule has 0 amide bonds. The Labute approximate surface area is 133 Å². The Morgan fingerprint density at radius 1 is 1.19 bits per heavy atom. The molecule has 21 heavy (non-hydrogen) atoms. The molecule has 0 bridgehead atoms. The molecule has 0 saturated heterocycles. The molecule has 0 aliphatic carbocycles. The van der Waals surface area contributed by atoms with Crippen LogP contribution in [0.3, 0.4) is 0 Å². The van der Waals surface area contributed by atoms with Gasteiger partial charge in [0, 0.05) is 21.7 Å². The fraction of sp³-hybridized carbons (Fsp3) is 0.143. The summed E-state index contributed by atoms with van der Waals surface area (Å²) in [4.78, 5) is 9.81. The van der Waals surface area contributed by atoms with Gasteiger partial charge in [-0.05, 0) is 47.2 Å². The quantitative estimate of drug-likeness (QED) is 0.459. The summed E-state index contributed by atoms with van der Waals surface area (Å²) in [7, 11) is 0. The van der Waals surface area contributed by atoms with E-state index >= 15 is 0 Å². The average Bonchev–Trinajstić information content (AvgIpc) is 2.42. The summed E-state index contributed by atoms with van der Waals surface area (Å²) in [5.41, 5.74) is 0.0321. The van der Waals surface area contributed by atoms with Crippen molar-refractivity contribution in [3.8, 4) is 0 Å². The number of hydrogen-bond donors (Lipinski definition) is 1. The Morgan fingerprint density at radius 2 is 1.81 bits per heavy atom. The largest absolute Gasteiger partial charge is 0.376 e. The molecule has 2 aromatic carbocycles. The molecular weight excluding hydrogens is 393 g/mol. The van der Waals surface area contributed by atoms with Gasteiger partial charge in [-0.3, -0.25) is 10.1 Å². The predicted octanol–water partition coefficient (Wildman–Crippen LogP) is 4.65. The number of nitro benzene ring substituents is 1. The van der Waals surface area contributed by atoms with Gasteiger partial charge in [0.2, 0.25) is 5.82 Å². The summed E-state index contributed by atoms with van der Waals surface area (Å²) in [5, 5.41) is 13.5. The van der Waals surface area contributed by atoms with Crippen molar-refractivity contribution in [2.24, 2.45) is 0 Å². The van der Waals surface area contributed by atoms with E-state index in [0.717, 1.165) is 15.2 Å². The van der Waals surface area contributed by atoms with Crippen LogP contribution < -0.4 is 5.32 Å². The molecule has 0 saturated carbocycles. The molecule has 0 radical (unpaired) electrons. The Kier molecular flexibility index (Phi) is 4.71. The zero-order chi connectivity index (χ0) is 15.6. The fourth-order valence-corrected chi connectivity index (χ4v) is 2.22. The van der Waals surface area contributed by atoms with Crippen molar-refractivity contribution in [2.75, 3.05) is 5.32 Å². The molecule has 1 atom stereocenters. The molecule has 7 heteroatoms. The van der Waals surface area contributed by atoms with E-state index in [1.54, 1.807) is 6.92 Å². The van der Waals surface area contributed by atoms with E-state index < -0.39 is 22.2 Å². The number of rotatable bonds is 4. The van der Waals surface area contributed by atoms with E-state index in [2.05, 4.69) is 27.9 Å². The highest BCUT2D eigenvalue weighted by Crippen LogP contribution is 2.28. The van der Waals surface area contributed by atoms with Crippen molar-refractivity contribution >= 4 is 34.0 Å². The van der Waals surface area contributed by atoms with Crippen LogP contribution in [0, 0.1) is 25.3 Å². The maximum absolute atomic E-state index is 13.7. The Morgan fingerprint density at radius 3 is 2.38 bits per heavy atom. The molecule has 110 valence electrons. The van der Waals surface area contributed by atoms with Crippen molar-refractivity contribution in [1.82, 2.24) is 0 Å². The number of nitro groups is 1. The van der Waals surface area contributed by atoms with Crippen molar-refractivity contribution in [3.63, 3.8) is 0 Å². The lowest BCUT2D eigenvalue weighted by Gasteiger charge is -2.16. The first-order chi connectivity index (χ1) is 9.88.